The maximum Gasteiger partial charge on any atom is 0.242 e. The van der Waals surface area contributed by atoms with E-state index < -0.39 is 0 Å². The molecule has 7 heteroatoms. The predicted molar refractivity (Wildman–Crippen MR) is 65.5 cm³/mol. The van der Waals surface area contributed by atoms with E-state index in [1.165, 1.54) is 6.92 Å². The van der Waals surface area contributed by atoms with Crippen molar-refractivity contribution in [3.8, 4) is 0 Å². The molecular formula is C11H20N4O3. The molecule has 1 atom stereocenters. The highest BCUT2D eigenvalue weighted by molar-refractivity contribution is 5.85. The Hall–Kier alpha value is -1.63. The Morgan fingerprint density at radius 2 is 2.11 bits per heavy atom. The van der Waals surface area contributed by atoms with E-state index in [4.69, 9.17) is 5.73 Å². The van der Waals surface area contributed by atoms with Gasteiger partial charge in [0.2, 0.25) is 17.7 Å². The van der Waals surface area contributed by atoms with Gasteiger partial charge >= 0.3 is 0 Å². The first-order valence-electron chi connectivity index (χ1n) is 6.04. The smallest absolute Gasteiger partial charge is 0.242 e. The number of piperidine rings is 1. The number of likely N-dealkylation sites (tertiary alicyclic amines) is 1. The fourth-order valence-electron chi connectivity index (χ4n) is 1.97. The van der Waals surface area contributed by atoms with Gasteiger partial charge in [-0.15, -0.1) is 0 Å². The van der Waals surface area contributed by atoms with Crippen LogP contribution in [0.3, 0.4) is 0 Å². The van der Waals surface area contributed by atoms with E-state index in [-0.39, 0.29) is 36.9 Å². The summed E-state index contributed by atoms with van der Waals surface area (Å²) in [6, 6.07) is 0.00501. The Morgan fingerprint density at radius 3 is 2.72 bits per heavy atom. The molecule has 7 nitrogen and oxygen atoms in total. The molecule has 1 saturated heterocycles. The third-order valence-electron chi connectivity index (χ3n) is 2.80. The highest BCUT2D eigenvalue weighted by Gasteiger charge is 2.23. The molecule has 4 N–H and O–H groups in total. The highest BCUT2D eigenvalue weighted by Crippen LogP contribution is 2.09. The first kappa shape index (κ1) is 14.4. The van der Waals surface area contributed by atoms with Crippen LogP contribution in [0.25, 0.3) is 0 Å². The molecule has 1 rings (SSSR count). The molecule has 0 bridgehead atoms. The highest BCUT2D eigenvalue weighted by atomic mass is 16.2. The van der Waals surface area contributed by atoms with Crippen LogP contribution >= 0.6 is 0 Å². The Labute approximate surface area is 106 Å². The monoisotopic (exact) mass is 256 g/mol. The predicted octanol–water partition coefficient (Wildman–Crippen LogP) is -1.81. The number of carbonyl (C=O) groups is 3. The van der Waals surface area contributed by atoms with Crippen molar-refractivity contribution < 1.29 is 14.4 Å². The summed E-state index contributed by atoms with van der Waals surface area (Å²) in [7, 11) is 0. The second-order valence-electron chi connectivity index (χ2n) is 4.36. The average molecular weight is 256 g/mol. The van der Waals surface area contributed by atoms with E-state index in [2.05, 4.69) is 10.6 Å². The first-order valence-corrected chi connectivity index (χ1v) is 6.04. The summed E-state index contributed by atoms with van der Waals surface area (Å²) >= 11 is 0. The van der Waals surface area contributed by atoms with Crippen LogP contribution in [0.4, 0.5) is 0 Å². The van der Waals surface area contributed by atoms with E-state index >= 15 is 0 Å². The quantitative estimate of drug-likeness (QED) is 0.551. The van der Waals surface area contributed by atoms with Gasteiger partial charge in [0.05, 0.1) is 13.1 Å². The Morgan fingerprint density at radius 1 is 1.39 bits per heavy atom. The van der Waals surface area contributed by atoms with E-state index in [0.29, 0.717) is 13.1 Å². The van der Waals surface area contributed by atoms with E-state index in [9.17, 15) is 14.4 Å². The first-order chi connectivity index (χ1) is 8.52. The number of hydrogen-bond acceptors (Lipinski definition) is 4. The van der Waals surface area contributed by atoms with Gasteiger partial charge in [-0.05, 0) is 12.8 Å². The molecule has 0 aromatic heterocycles. The van der Waals surface area contributed by atoms with Crippen molar-refractivity contribution in [2.45, 2.75) is 25.8 Å². The number of nitrogens with zero attached hydrogens (tertiary/aromatic N) is 1. The van der Waals surface area contributed by atoms with Crippen LogP contribution in [0.1, 0.15) is 19.8 Å². The lowest BCUT2D eigenvalue weighted by molar-refractivity contribution is -0.134. The number of amides is 3. The third kappa shape index (κ3) is 4.70. The molecule has 3 amide bonds. The van der Waals surface area contributed by atoms with Crippen molar-refractivity contribution in [2.75, 3.05) is 26.2 Å². The van der Waals surface area contributed by atoms with Gasteiger partial charge in [0.1, 0.15) is 0 Å². The van der Waals surface area contributed by atoms with Crippen molar-refractivity contribution >= 4 is 17.7 Å². The zero-order valence-corrected chi connectivity index (χ0v) is 10.6. The second kappa shape index (κ2) is 6.95. The van der Waals surface area contributed by atoms with Crippen molar-refractivity contribution in [3.63, 3.8) is 0 Å². The zero-order chi connectivity index (χ0) is 13.5. The Bertz CT molecular complexity index is 332. The summed E-state index contributed by atoms with van der Waals surface area (Å²) in [5.74, 6) is -0.587. The van der Waals surface area contributed by atoms with E-state index in [1.807, 2.05) is 0 Å². The molecule has 18 heavy (non-hydrogen) atoms. The molecule has 1 fully saturated rings. The number of carbonyl (C=O) groups excluding carboxylic acids is 3. The van der Waals surface area contributed by atoms with Crippen LogP contribution in [0, 0.1) is 0 Å². The largest absolute Gasteiger partial charge is 0.352 e. The minimum Gasteiger partial charge on any atom is -0.352 e. The van der Waals surface area contributed by atoms with Gasteiger partial charge in [0.15, 0.2) is 0 Å². The molecule has 0 saturated carbocycles. The van der Waals surface area contributed by atoms with Crippen LogP contribution in [-0.2, 0) is 14.4 Å². The van der Waals surface area contributed by atoms with Gasteiger partial charge in [-0.1, -0.05) is 0 Å². The molecule has 0 aliphatic carbocycles. The van der Waals surface area contributed by atoms with Crippen LogP contribution < -0.4 is 16.4 Å². The van der Waals surface area contributed by atoms with Gasteiger partial charge in [-0.2, -0.15) is 0 Å². The maximum atomic E-state index is 11.8. The van der Waals surface area contributed by atoms with Crippen LogP contribution in [0.5, 0.6) is 0 Å². The van der Waals surface area contributed by atoms with Crippen LogP contribution in [0.2, 0.25) is 0 Å². The zero-order valence-electron chi connectivity index (χ0n) is 10.6. The van der Waals surface area contributed by atoms with Crippen molar-refractivity contribution in [1.82, 2.24) is 15.5 Å². The molecule has 0 aromatic carbocycles. The second-order valence-corrected chi connectivity index (χ2v) is 4.36. The molecule has 0 spiro atoms. The fourth-order valence-corrected chi connectivity index (χ4v) is 1.97. The fraction of sp³-hybridized carbons (Fsp3) is 0.727. The molecule has 102 valence electrons. The van der Waals surface area contributed by atoms with Crippen molar-refractivity contribution in [3.05, 3.63) is 0 Å². The Balaban J connectivity index is 2.38. The molecule has 1 heterocycles. The van der Waals surface area contributed by atoms with Gasteiger partial charge in [0, 0.05) is 26.1 Å². The van der Waals surface area contributed by atoms with Crippen LogP contribution in [-0.4, -0.2) is 54.8 Å². The summed E-state index contributed by atoms with van der Waals surface area (Å²) in [5, 5.41) is 5.24. The number of hydrogen-bond donors (Lipinski definition) is 3. The lowest BCUT2D eigenvalue weighted by Gasteiger charge is -2.33. The SMILES string of the molecule is CC(=O)NC1CCCN(C(=O)CNC(=O)CN)C1. The summed E-state index contributed by atoms with van der Waals surface area (Å²) in [6.45, 7) is 2.46. The van der Waals surface area contributed by atoms with E-state index in [0.717, 1.165) is 12.8 Å². The normalized spacial score (nSPS) is 19.2. The topological polar surface area (TPSA) is 105 Å². The standard InChI is InChI=1S/C11H20N4O3/c1-8(16)14-9-3-2-4-15(7-9)11(18)6-13-10(17)5-12/h9H,2-7,12H2,1H3,(H,13,17)(H,14,16). The summed E-state index contributed by atoms with van der Waals surface area (Å²) in [6.07, 6.45) is 1.72. The molecule has 0 aromatic rings. The van der Waals surface area contributed by atoms with Gasteiger partial charge in [0.25, 0.3) is 0 Å². The van der Waals surface area contributed by atoms with Gasteiger partial charge in [-0.3, -0.25) is 14.4 Å². The third-order valence-corrected chi connectivity index (χ3v) is 2.80. The minimum absolute atomic E-state index is 0.00501. The molecule has 1 unspecified atom stereocenters. The number of nitrogens with one attached hydrogen (secondary N) is 2. The number of nitrogens with two attached hydrogens (primary N) is 1. The maximum absolute atomic E-state index is 11.8. The molecule has 0 radical (unpaired) electrons. The summed E-state index contributed by atoms with van der Waals surface area (Å²) in [4.78, 5) is 35.4. The number of rotatable bonds is 4. The molecular weight excluding hydrogens is 236 g/mol. The summed E-state index contributed by atoms with van der Waals surface area (Å²) < 4.78 is 0. The van der Waals surface area contributed by atoms with Gasteiger partial charge in [-0.25, -0.2) is 0 Å². The lowest BCUT2D eigenvalue weighted by atomic mass is 10.1. The minimum atomic E-state index is -0.348. The molecule has 1 aliphatic heterocycles. The lowest BCUT2D eigenvalue weighted by Crippen LogP contribution is -2.51. The summed E-state index contributed by atoms with van der Waals surface area (Å²) in [5.41, 5.74) is 5.13. The Kier molecular flexibility index (Phi) is 5.57. The van der Waals surface area contributed by atoms with Crippen LogP contribution in [0.15, 0.2) is 0 Å². The van der Waals surface area contributed by atoms with Crippen molar-refractivity contribution in [2.24, 2.45) is 5.73 Å². The molecule has 1 aliphatic rings. The van der Waals surface area contributed by atoms with E-state index in [1.54, 1.807) is 4.90 Å². The van der Waals surface area contributed by atoms with Crippen molar-refractivity contribution in [1.29, 1.82) is 0 Å². The average Bonchev–Trinajstić information content (AvgIpc) is 2.35. The van der Waals surface area contributed by atoms with Gasteiger partial charge < -0.3 is 21.3 Å².